The highest BCUT2D eigenvalue weighted by atomic mass is 14.8. The molecule has 0 atom stereocenters. The number of aromatic nitrogens is 3. The van der Waals surface area contributed by atoms with Crippen LogP contribution in [0.2, 0.25) is 0 Å². The van der Waals surface area contributed by atoms with Crippen LogP contribution in [0.1, 0.15) is 0 Å². The number of hydrogen-bond donors (Lipinski definition) is 0. The van der Waals surface area contributed by atoms with Crippen LogP contribution in [0.25, 0.3) is 44.7 Å². The average molecular weight is 359 g/mol. The van der Waals surface area contributed by atoms with Gasteiger partial charge in [0.2, 0.25) is 0 Å². The molecule has 0 amide bonds. The monoisotopic (exact) mass is 359 g/mol. The lowest BCUT2D eigenvalue weighted by atomic mass is 10.0. The lowest BCUT2D eigenvalue weighted by molar-refractivity contribution is 1.29. The van der Waals surface area contributed by atoms with Crippen molar-refractivity contribution in [2.75, 3.05) is 0 Å². The minimum absolute atomic E-state index is 0.895. The maximum Gasteiger partial charge on any atom is 0.0973 e. The van der Waals surface area contributed by atoms with Crippen LogP contribution in [0, 0.1) is 0 Å². The third-order valence-electron chi connectivity index (χ3n) is 4.79. The normalized spacial score (nSPS) is 10.9. The number of fused-ring (bicyclic) bond motifs is 1. The van der Waals surface area contributed by atoms with Crippen molar-refractivity contribution in [3.8, 4) is 33.6 Å². The molecule has 132 valence electrons. The molecule has 0 fully saturated rings. The molecule has 2 aromatic heterocycles. The molecule has 0 aliphatic carbocycles. The van der Waals surface area contributed by atoms with Gasteiger partial charge in [-0.05, 0) is 35.4 Å². The van der Waals surface area contributed by atoms with E-state index in [0.717, 1.165) is 44.7 Å². The van der Waals surface area contributed by atoms with Crippen LogP contribution in [-0.4, -0.2) is 15.0 Å². The SMILES string of the molecule is c1ccc(-c2nc3ccccc3nc2-c2ccc(-c3ccncc3)cc2)cc1. The van der Waals surface area contributed by atoms with Crippen LogP contribution in [-0.2, 0) is 0 Å². The quantitative estimate of drug-likeness (QED) is 0.395. The van der Waals surface area contributed by atoms with Crippen LogP contribution in [0.3, 0.4) is 0 Å². The summed E-state index contributed by atoms with van der Waals surface area (Å²) in [7, 11) is 0. The standard InChI is InChI=1S/C25H17N3/c1-2-6-20(7-3-1)24-25(28-23-9-5-4-8-22(23)27-24)21-12-10-18(11-13-21)19-14-16-26-17-15-19/h1-17H. The van der Waals surface area contributed by atoms with E-state index in [9.17, 15) is 0 Å². The second kappa shape index (κ2) is 7.05. The molecule has 0 radical (unpaired) electrons. The van der Waals surface area contributed by atoms with Crippen LogP contribution in [0.4, 0.5) is 0 Å². The Morgan fingerprint density at radius 2 is 0.857 bits per heavy atom. The van der Waals surface area contributed by atoms with Gasteiger partial charge in [0.1, 0.15) is 0 Å². The Balaban J connectivity index is 1.67. The second-order valence-corrected chi connectivity index (χ2v) is 6.59. The zero-order valence-corrected chi connectivity index (χ0v) is 15.2. The third-order valence-corrected chi connectivity index (χ3v) is 4.79. The first-order valence-corrected chi connectivity index (χ1v) is 9.21. The molecule has 0 aliphatic rings. The summed E-state index contributed by atoms with van der Waals surface area (Å²) in [6.45, 7) is 0. The topological polar surface area (TPSA) is 38.7 Å². The number of hydrogen-bond acceptors (Lipinski definition) is 3. The summed E-state index contributed by atoms with van der Waals surface area (Å²) < 4.78 is 0. The minimum Gasteiger partial charge on any atom is -0.265 e. The van der Waals surface area contributed by atoms with E-state index in [1.807, 2.05) is 67.0 Å². The summed E-state index contributed by atoms with van der Waals surface area (Å²) in [5, 5.41) is 0. The van der Waals surface area contributed by atoms with Crippen LogP contribution >= 0.6 is 0 Å². The Morgan fingerprint density at radius 3 is 1.46 bits per heavy atom. The van der Waals surface area contributed by atoms with Crippen molar-refractivity contribution in [2.24, 2.45) is 0 Å². The van der Waals surface area contributed by atoms with Gasteiger partial charge in [0.25, 0.3) is 0 Å². The average Bonchev–Trinajstić information content (AvgIpc) is 2.79. The first-order valence-electron chi connectivity index (χ1n) is 9.21. The number of benzene rings is 3. The van der Waals surface area contributed by atoms with Gasteiger partial charge in [0.05, 0.1) is 22.4 Å². The molecule has 28 heavy (non-hydrogen) atoms. The number of nitrogens with zero attached hydrogens (tertiary/aromatic N) is 3. The fraction of sp³-hybridized carbons (Fsp3) is 0. The summed E-state index contributed by atoms with van der Waals surface area (Å²) in [4.78, 5) is 14.0. The highest BCUT2D eigenvalue weighted by Gasteiger charge is 2.13. The van der Waals surface area contributed by atoms with E-state index in [-0.39, 0.29) is 0 Å². The molecular formula is C25H17N3. The highest BCUT2D eigenvalue weighted by Crippen LogP contribution is 2.32. The molecule has 5 rings (SSSR count). The lowest BCUT2D eigenvalue weighted by Crippen LogP contribution is -1.95. The summed E-state index contributed by atoms with van der Waals surface area (Å²) >= 11 is 0. The Hall–Kier alpha value is -3.85. The smallest absolute Gasteiger partial charge is 0.0973 e. The predicted molar refractivity (Wildman–Crippen MR) is 114 cm³/mol. The number of pyridine rings is 1. The van der Waals surface area contributed by atoms with Gasteiger partial charge in [-0.15, -0.1) is 0 Å². The van der Waals surface area contributed by atoms with E-state index in [1.165, 1.54) is 0 Å². The third kappa shape index (κ3) is 3.03. The first kappa shape index (κ1) is 16.3. The van der Waals surface area contributed by atoms with Gasteiger partial charge in [-0.25, -0.2) is 9.97 Å². The molecule has 0 bridgehead atoms. The Labute approximate surface area is 163 Å². The Bertz CT molecular complexity index is 1230. The minimum atomic E-state index is 0.895. The molecular weight excluding hydrogens is 342 g/mol. The van der Waals surface area contributed by atoms with E-state index in [0.29, 0.717) is 0 Å². The van der Waals surface area contributed by atoms with Crippen molar-refractivity contribution in [3.05, 3.63) is 103 Å². The molecule has 5 aromatic rings. The molecule has 2 heterocycles. The van der Waals surface area contributed by atoms with Crippen molar-refractivity contribution in [1.82, 2.24) is 15.0 Å². The molecule has 3 nitrogen and oxygen atoms in total. The van der Waals surface area contributed by atoms with Crippen molar-refractivity contribution in [3.63, 3.8) is 0 Å². The van der Waals surface area contributed by atoms with E-state index in [2.05, 4.69) is 41.4 Å². The zero-order chi connectivity index (χ0) is 18.8. The van der Waals surface area contributed by atoms with Gasteiger partial charge >= 0.3 is 0 Å². The molecule has 0 unspecified atom stereocenters. The van der Waals surface area contributed by atoms with Crippen LogP contribution < -0.4 is 0 Å². The van der Waals surface area contributed by atoms with Gasteiger partial charge < -0.3 is 0 Å². The van der Waals surface area contributed by atoms with Gasteiger partial charge in [-0.1, -0.05) is 66.7 Å². The molecule has 0 spiro atoms. The van der Waals surface area contributed by atoms with Gasteiger partial charge in [0.15, 0.2) is 0 Å². The number of para-hydroxylation sites is 2. The van der Waals surface area contributed by atoms with E-state index < -0.39 is 0 Å². The molecule has 0 N–H and O–H groups in total. The predicted octanol–water partition coefficient (Wildman–Crippen LogP) is 6.03. The van der Waals surface area contributed by atoms with E-state index >= 15 is 0 Å². The van der Waals surface area contributed by atoms with Crippen molar-refractivity contribution in [1.29, 1.82) is 0 Å². The fourth-order valence-electron chi connectivity index (χ4n) is 3.36. The van der Waals surface area contributed by atoms with E-state index in [1.54, 1.807) is 0 Å². The van der Waals surface area contributed by atoms with Crippen molar-refractivity contribution in [2.45, 2.75) is 0 Å². The highest BCUT2D eigenvalue weighted by molar-refractivity contribution is 5.86. The van der Waals surface area contributed by atoms with Crippen LogP contribution in [0.15, 0.2) is 103 Å². The fourth-order valence-corrected chi connectivity index (χ4v) is 3.36. The number of rotatable bonds is 3. The lowest BCUT2D eigenvalue weighted by Gasteiger charge is -2.11. The summed E-state index contributed by atoms with van der Waals surface area (Å²) in [6, 6.07) is 30.7. The second-order valence-electron chi connectivity index (χ2n) is 6.59. The zero-order valence-electron chi connectivity index (χ0n) is 15.2. The van der Waals surface area contributed by atoms with Gasteiger partial charge in [-0.3, -0.25) is 4.98 Å². The maximum atomic E-state index is 4.95. The molecule has 3 heteroatoms. The van der Waals surface area contributed by atoms with E-state index in [4.69, 9.17) is 9.97 Å². The van der Waals surface area contributed by atoms with Crippen molar-refractivity contribution >= 4 is 11.0 Å². The Kier molecular flexibility index (Phi) is 4.11. The largest absolute Gasteiger partial charge is 0.265 e. The maximum absolute atomic E-state index is 4.95. The summed E-state index contributed by atoms with van der Waals surface area (Å²) in [5.74, 6) is 0. The summed E-state index contributed by atoms with van der Waals surface area (Å²) in [6.07, 6.45) is 3.62. The summed E-state index contributed by atoms with van der Waals surface area (Å²) in [5.41, 5.74) is 8.01. The Morgan fingerprint density at radius 1 is 0.393 bits per heavy atom. The molecule has 0 saturated heterocycles. The molecule has 0 saturated carbocycles. The molecule has 3 aromatic carbocycles. The molecule has 0 aliphatic heterocycles. The first-order chi connectivity index (χ1) is 13.9. The van der Waals surface area contributed by atoms with Gasteiger partial charge in [0, 0.05) is 23.5 Å². The van der Waals surface area contributed by atoms with Crippen molar-refractivity contribution < 1.29 is 0 Å². The van der Waals surface area contributed by atoms with Gasteiger partial charge in [-0.2, -0.15) is 0 Å². The van der Waals surface area contributed by atoms with Crippen LogP contribution in [0.5, 0.6) is 0 Å².